The number of nitrogens with one attached hydrogen (secondary N) is 2. The van der Waals surface area contributed by atoms with E-state index in [9.17, 15) is 13.2 Å². The second-order valence-electron chi connectivity index (χ2n) is 8.01. The lowest BCUT2D eigenvalue weighted by atomic mass is 10.2. The Morgan fingerprint density at radius 1 is 1.12 bits per heavy atom. The molecule has 1 atom stereocenters. The molecule has 1 aliphatic rings. The molecule has 1 aliphatic heterocycles. The van der Waals surface area contributed by atoms with Gasteiger partial charge in [0, 0.05) is 31.9 Å². The first-order chi connectivity index (χ1) is 15.9. The van der Waals surface area contributed by atoms with Crippen molar-refractivity contribution in [1.29, 1.82) is 0 Å². The number of morpholine rings is 1. The third-order valence-electron chi connectivity index (χ3n) is 5.39. The van der Waals surface area contributed by atoms with Crippen molar-refractivity contribution >= 4 is 33.0 Å². The highest BCUT2D eigenvalue weighted by molar-refractivity contribution is 7.93. The van der Waals surface area contributed by atoms with E-state index in [2.05, 4.69) is 27.1 Å². The van der Waals surface area contributed by atoms with Gasteiger partial charge in [-0.05, 0) is 36.1 Å². The molecule has 174 valence electrons. The van der Waals surface area contributed by atoms with E-state index in [0.29, 0.717) is 25.4 Å². The number of aryl methyl sites for hydroxylation is 1. The number of carbonyl (C=O) groups excluding carboxylic acids is 1. The van der Waals surface area contributed by atoms with Crippen LogP contribution in [0, 0.1) is 6.92 Å². The molecule has 2 N–H and O–H groups in total. The lowest BCUT2D eigenvalue weighted by Gasteiger charge is -2.33. The molecule has 7 nitrogen and oxygen atoms in total. The summed E-state index contributed by atoms with van der Waals surface area (Å²) in [4.78, 5) is 15.2. The van der Waals surface area contributed by atoms with Crippen molar-refractivity contribution in [2.24, 2.45) is 0 Å². The van der Waals surface area contributed by atoms with Gasteiger partial charge in [-0.15, -0.1) is 11.3 Å². The molecule has 0 bridgehead atoms. The minimum Gasteiger partial charge on any atom is -0.374 e. The van der Waals surface area contributed by atoms with E-state index in [1.165, 1.54) is 11.6 Å². The predicted octanol–water partition coefficient (Wildman–Crippen LogP) is 3.49. The molecule has 33 heavy (non-hydrogen) atoms. The molecule has 4 rings (SSSR count). The van der Waals surface area contributed by atoms with Crippen molar-refractivity contribution in [3.05, 3.63) is 82.0 Å². The number of thiophene rings is 1. The van der Waals surface area contributed by atoms with Crippen molar-refractivity contribution in [2.75, 3.05) is 31.0 Å². The second kappa shape index (κ2) is 10.5. The molecule has 1 saturated heterocycles. The molecule has 1 unspecified atom stereocenters. The SMILES string of the molecule is Cc1ccc(NS(=O)(=O)c2ccsc2C(=O)NCC2CN(Cc3ccccc3)CCO2)cc1. The largest absolute Gasteiger partial charge is 0.374 e. The summed E-state index contributed by atoms with van der Waals surface area (Å²) >= 11 is 1.10. The van der Waals surface area contributed by atoms with Crippen LogP contribution in [0.1, 0.15) is 20.8 Å². The number of carbonyl (C=O) groups is 1. The topological polar surface area (TPSA) is 87.7 Å². The van der Waals surface area contributed by atoms with Crippen LogP contribution < -0.4 is 10.0 Å². The van der Waals surface area contributed by atoms with Gasteiger partial charge in [-0.3, -0.25) is 14.4 Å². The van der Waals surface area contributed by atoms with E-state index in [0.717, 1.165) is 30.0 Å². The number of anilines is 1. The van der Waals surface area contributed by atoms with Gasteiger partial charge in [0.15, 0.2) is 0 Å². The molecular formula is C24H27N3O4S2. The monoisotopic (exact) mass is 485 g/mol. The molecular weight excluding hydrogens is 458 g/mol. The number of benzene rings is 2. The van der Waals surface area contributed by atoms with Crippen molar-refractivity contribution < 1.29 is 17.9 Å². The fraction of sp³-hybridized carbons (Fsp3) is 0.292. The molecule has 2 aromatic carbocycles. The Kier molecular flexibility index (Phi) is 7.44. The summed E-state index contributed by atoms with van der Waals surface area (Å²) in [7, 11) is -3.88. The van der Waals surface area contributed by atoms with E-state index >= 15 is 0 Å². The van der Waals surface area contributed by atoms with Crippen molar-refractivity contribution in [1.82, 2.24) is 10.2 Å². The van der Waals surface area contributed by atoms with E-state index in [1.54, 1.807) is 17.5 Å². The molecule has 3 aromatic rings. The first-order valence-corrected chi connectivity index (χ1v) is 13.1. The Balaban J connectivity index is 1.35. The lowest BCUT2D eigenvalue weighted by molar-refractivity contribution is -0.0292. The number of ether oxygens (including phenoxy) is 1. The first-order valence-electron chi connectivity index (χ1n) is 10.7. The molecule has 1 amide bonds. The van der Waals surface area contributed by atoms with Crippen molar-refractivity contribution in [2.45, 2.75) is 24.5 Å². The van der Waals surface area contributed by atoms with Crippen LogP contribution in [0.5, 0.6) is 0 Å². The summed E-state index contributed by atoms with van der Waals surface area (Å²) < 4.78 is 34.1. The Hall–Kier alpha value is -2.72. The Bertz CT molecular complexity index is 1180. The summed E-state index contributed by atoms with van der Waals surface area (Å²) in [5.74, 6) is -0.418. The van der Waals surface area contributed by atoms with Gasteiger partial charge in [0.05, 0.1) is 12.7 Å². The van der Waals surface area contributed by atoms with E-state index in [4.69, 9.17) is 4.74 Å². The maximum absolute atomic E-state index is 12.9. The predicted molar refractivity (Wildman–Crippen MR) is 130 cm³/mol. The number of rotatable bonds is 8. The fourth-order valence-corrected chi connectivity index (χ4v) is 6.09. The van der Waals surface area contributed by atoms with Gasteiger partial charge in [0.1, 0.15) is 9.77 Å². The van der Waals surface area contributed by atoms with Crippen LogP contribution in [0.2, 0.25) is 0 Å². The zero-order chi connectivity index (χ0) is 23.3. The summed E-state index contributed by atoms with van der Waals surface area (Å²) in [6.07, 6.45) is -0.155. The number of hydrogen-bond donors (Lipinski definition) is 2. The van der Waals surface area contributed by atoms with Crippen LogP contribution in [0.4, 0.5) is 5.69 Å². The van der Waals surface area contributed by atoms with Gasteiger partial charge in [0.2, 0.25) is 0 Å². The minimum atomic E-state index is -3.88. The van der Waals surface area contributed by atoms with Gasteiger partial charge in [0.25, 0.3) is 15.9 Å². The van der Waals surface area contributed by atoms with Gasteiger partial charge < -0.3 is 10.1 Å². The lowest BCUT2D eigenvalue weighted by Crippen LogP contribution is -2.47. The third kappa shape index (κ3) is 6.20. The van der Waals surface area contributed by atoms with Crippen LogP contribution in [0.25, 0.3) is 0 Å². The van der Waals surface area contributed by atoms with Gasteiger partial charge in [-0.1, -0.05) is 48.0 Å². The zero-order valence-corrected chi connectivity index (χ0v) is 20.0. The molecule has 1 aromatic heterocycles. The highest BCUT2D eigenvalue weighted by Crippen LogP contribution is 2.24. The third-order valence-corrected chi connectivity index (χ3v) is 7.86. The summed E-state index contributed by atoms with van der Waals surface area (Å²) in [5.41, 5.74) is 2.71. The summed E-state index contributed by atoms with van der Waals surface area (Å²) in [6.45, 7) is 5.18. The van der Waals surface area contributed by atoms with E-state index < -0.39 is 15.9 Å². The second-order valence-corrected chi connectivity index (χ2v) is 10.6. The molecule has 0 radical (unpaired) electrons. The van der Waals surface area contributed by atoms with Crippen LogP contribution in [-0.2, 0) is 21.3 Å². The van der Waals surface area contributed by atoms with Gasteiger partial charge in [-0.2, -0.15) is 0 Å². The molecule has 2 heterocycles. The molecule has 0 aliphatic carbocycles. The molecule has 0 spiro atoms. The molecule has 9 heteroatoms. The van der Waals surface area contributed by atoms with Crippen LogP contribution in [0.3, 0.4) is 0 Å². The van der Waals surface area contributed by atoms with Crippen molar-refractivity contribution in [3.63, 3.8) is 0 Å². The summed E-state index contributed by atoms with van der Waals surface area (Å²) in [5, 5.41) is 4.46. The molecule has 1 fully saturated rings. The zero-order valence-electron chi connectivity index (χ0n) is 18.4. The Labute approximate surface area is 198 Å². The highest BCUT2D eigenvalue weighted by Gasteiger charge is 2.26. The van der Waals surface area contributed by atoms with E-state index in [1.807, 2.05) is 37.3 Å². The number of nitrogens with zero attached hydrogens (tertiary/aromatic N) is 1. The maximum atomic E-state index is 12.9. The minimum absolute atomic E-state index is 0.0270. The Morgan fingerprint density at radius 3 is 2.64 bits per heavy atom. The van der Waals surface area contributed by atoms with E-state index in [-0.39, 0.29) is 15.9 Å². The fourth-order valence-electron chi connectivity index (χ4n) is 3.68. The van der Waals surface area contributed by atoms with Crippen LogP contribution in [0.15, 0.2) is 70.9 Å². The average molecular weight is 486 g/mol. The standard InChI is InChI=1S/C24H27N3O4S2/c1-18-7-9-20(10-8-18)26-33(29,30)22-11-14-32-23(22)24(28)25-15-21-17-27(12-13-31-21)16-19-5-3-2-4-6-19/h2-11,14,21,26H,12-13,15-17H2,1H3,(H,25,28). The maximum Gasteiger partial charge on any atom is 0.263 e. The normalized spacial score (nSPS) is 16.9. The number of amides is 1. The van der Waals surface area contributed by atoms with Crippen molar-refractivity contribution in [3.8, 4) is 0 Å². The van der Waals surface area contributed by atoms with Crippen LogP contribution >= 0.6 is 11.3 Å². The molecule has 0 saturated carbocycles. The number of sulfonamides is 1. The van der Waals surface area contributed by atoms with Crippen LogP contribution in [-0.4, -0.2) is 51.6 Å². The Morgan fingerprint density at radius 2 is 1.88 bits per heavy atom. The van der Waals surface area contributed by atoms with Gasteiger partial charge >= 0.3 is 0 Å². The van der Waals surface area contributed by atoms with Gasteiger partial charge in [-0.25, -0.2) is 8.42 Å². The highest BCUT2D eigenvalue weighted by atomic mass is 32.2. The smallest absolute Gasteiger partial charge is 0.263 e. The average Bonchev–Trinajstić information content (AvgIpc) is 3.31. The first kappa shape index (κ1) is 23.4. The summed E-state index contributed by atoms with van der Waals surface area (Å²) in [6, 6.07) is 18.7. The quantitative estimate of drug-likeness (QED) is 0.510. The number of hydrogen-bond acceptors (Lipinski definition) is 6.